The SMILES string of the molecule is COc1ccc(C)cc1S(=O)(=O)N1CCC[C@@H](c2nn(C)c(=O)n2-c2ccccc2)C1. The van der Waals surface area contributed by atoms with Gasteiger partial charge in [0.05, 0.1) is 12.8 Å². The first-order valence-corrected chi connectivity index (χ1v) is 11.6. The molecule has 3 aromatic rings. The molecule has 0 N–H and O–H groups in total. The number of rotatable bonds is 5. The maximum Gasteiger partial charge on any atom is 0.350 e. The second-order valence-electron chi connectivity index (χ2n) is 7.79. The van der Waals surface area contributed by atoms with Crippen LogP contribution in [0.3, 0.4) is 0 Å². The molecule has 1 fully saturated rings. The van der Waals surface area contributed by atoms with Crippen LogP contribution in [0.5, 0.6) is 5.75 Å². The van der Waals surface area contributed by atoms with Gasteiger partial charge >= 0.3 is 5.69 Å². The average molecular weight is 443 g/mol. The first kappa shape index (κ1) is 21.3. The molecule has 2 aromatic carbocycles. The van der Waals surface area contributed by atoms with Gasteiger partial charge in [-0.05, 0) is 49.6 Å². The van der Waals surface area contributed by atoms with Crippen molar-refractivity contribution < 1.29 is 13.2 Å². The van der Waals surface area contributed by atoms with Crippen molar-refractivity contribution in [3.8, 4) is 11.4 Å². The van der Waals surface area contributed by atoms with Crippen LogP contribution in [0.1, 0.15) is 30.1 Å². The first-order valence-electron chi connectivity index (χ1n) is 10.2. The Hall–Kier alpha value is -2.91. The molecule has 164 valence electrons. The number of piperidine rings is 1. The molecule has 1 saturated heterocycles. The standard InChI is InChI=1S/C22H26N4O4S/c1-16-11-12-19(30-3)20(14-16)31(28,29)25-13-7-8-17(15-25)21-23-24(2)22(27)26(21)18-9-5-4-6-10-18/h4-6,9-12,14,17H,7-8,13,15H2,1-3H3/t17-/m1/s1. The molecule has 0 saturated carbocycles. The van der Waals surface area contributed by atoms with Crippen LogP contribution < -0.4 is 10.4 Å². The molecular formula is C22H26N4O4S. The second-order valence-corrected chi connectivity index (χ2v) is 9.70. The molecule has 1 atom stereocenters. The molecule has 0 amide bonds. The summed E-state index contributed by atoms with van der Waals surface area (Å²) in [5.41, 5.74) is 1.31. The van der Waals surface area contributed by atoms with Crippen LogP contribution in [0.2, 0.25) is 0 Å². The second kappa shape index (κ2) is 8.32. The Kier molecular flexibility index (Phi) is 5.72. The molecule has 31 heavy (non-hydrogen) atoms. The topological polar surface area (TPSA) is 86.4 Å². The van der Waals surface area contributed by atoms with Crippen LogP contribution in [0.4, 0.5) is 0 Å². The number of para-hydroxylation sites is 1. The summed E-state index contributed by atoms with van der Waals surface area (Å²) in [5, 5.41) is 4.47. The Balaban J connectivity index is 1.72. The third-order valence-electron chi connectivity index (χ3n) is 5.65. The Morgan fingerprint density at radius 2 is 1.87 bits per heavy atom. The van der Waals surface area contributed by atoms with Gasteiger partial charge in [0.25, 0.3) is 0 Å². The predicted octanol–water partition coefficient (Wildman–Crippen LogP) is 2.46. The highest BCUT2D eigenvalue weighted by Crippen LogP contribution is 2.33. The van der Waals surface area contributed by atoms with Gasteiger partial charge in [-0.15, -0.1) is 0 Å². The lowest BCUT2D eigenvalue weighted by atomic mass is 9.98. The summed E-state index contributed by atoms with van der Waals surface area (Å²) in [4.78, 5) is 12.9. The molecule has 1 aromatic heterocycles. The van der Waals surface area contributed by atoms with Crippen LogP contribution in [0.25, 0.3) is 5.69 Å². The van der Waals surface area contributed by atoms with Gasteiger partial charge in [0.2, 0.25) is 10.0 Å². The Bertz CT molecular complexity index is 1250. The maximum atomic E-state index is 13.5. The number of hydrogen-bond donors (Lipinski definition) is 0. The molecule has 2 heterocycles. The van der Waals surface area contributed by atoms with E-state index in [9.17, 15) is 13.2 Å². The zero-order valence-corrected chi connectivity index (χ0v) is 18.7. The third-order valence-corrected chi connectivity index (χ3v) is 7.54. The van der Waals surface area contributed by atoms with Crippen molar-refractivity contribution in [2.24, 2.45) is 7.05 Å². The van der Waals surface area contributed by atoms with E-state index in [4.69, 9.17) is 4.74 Å². The smallest absolute Gasteiger partial charge is 0.350 e. The fraction of sp³-hybridized carbons (Fsp3) is 0.364. The van der Waals surface area contributed by atoms with E-state index in [1.54, 1.807) is 23.7 Å². The Morgan fingerprint density at radius 3 is 2.58 bits per heavy atom. The van der Waals surface area contributed by atoms with Gasteiger partial charge in [0.15, 0.2) is 0 Å². The monoisotopic (exact) mass is 442 g/mol. The summed E-state index contributed by atoms with van der Waals surface area (Å²) in [7, 11) is -0.684. The van der Waals surface area contributed by atoms with Crippen molar-refractivity contribution in [3.05, 3.63) is 70.4 Å². The van der Waals surface area contributed by atoms with E-state index in [2.05, 4.69) is 5.10 Å². The minimum atomic E-state index is -3.76. The summed E-state index contributed by atoms with van der Waals surface area (Å²) in [6, 6.07) is 14.4. The number of hydrogen-bond acceptors (Lipinski definition) is 5. The average Bonchev–Trinajstić information content (AvgIpc) is 3.08. The minimum Gasteiger partial charge on any atom is -0.495 e. The number of nitrogens with zero attached hydrogens (tertiary/aromatic N) is 4. The van der Waals surface area contributed by atoms with E-state index in [1.165, 1.54) is 16.1 Å². The molecule has 1 aliphatic heterocycles. The number of benzene rings is 2. The first-order chi connectivity index (χ1) is 14.8. The molecule has 0 aliphatic carbocycles. The minimum absolute atomic E-state index is 0.164. The lowest BCUT2D eigenvalue weighted by Gasteiger charge is -2.31. The van der Waals surface area contributed by atoms with Gasteiger partial charge in [-0.1, -0.05) is 24.3 Å². The molecule has 1 aliphatic rings. The van der Waals surface area contributed by atoms with Crippen molar-refractivity contribution in [1.29, 1.82) is 0 Å². The van der Waals surface area contributed by atoms with Gasteiger partial charge in [0, 0.05) is 26.1 Å². The Morgan fingerprint density at radius 1 is 1.13 bits per heavy atom. The van der Waals surface area contributed by atoms with E-state index < -0.39 is 10.0 Å². The van der Waals surface area contributed by atoms with Crippen LogP contribution in [0.15, 0.2) is 58.2 Å². The van der Waals surface area contributed by atoms with Gasteiger partial charge in [-0.2, -0.15) is 9.40 Å². The van der Waals surface area contributed by atoms with Crippen LogP contribution in [-0.4, -0.2) is 47.3 Å². The highest BCUT2D eigenvalue weighted by atomic mass is 32.2. The highest BCUT2D eigenvalue weighted by molar-refractivity contribution is 7.89. The van der Waals surface area contributed by atoms with Crippen molar-refractivity contribution in [1.82, 2.24) is 18.7 Å². The fourth-order valence-corrected chi connectivity index (χ4v) is 5.83. The number of aryl methyl sites for hydroxylation is 2. The van der Waals surface area contributed by atoms with Crippen molar-refractivity contribution >= 4 is 10.0 Å². The predicted molar refractivity (Wildman–Crippen MR) is 117 cm³/mol. The molecule has 0 unspecified atom stereocenters. The highest BCUT2D eigenvalue weighted by Gasteiger charge is 2.35. The zero-order chi connectivity index (χ0) is 22.2. The molecule has 4 rings (SSSR count). The summed E-state index contributed by atoms with van der Waals surface area (Å²) in [6.45, 7) is 2.52. The van der Waals surface area contributed by atoms with Crippen LogP contribution >= 0.6 is 0 Å². The van der Waals surface area contributed by atoms with E-state index in [0.29, 0.717) is 24.5 Å². The van der Waals surface area contributed by atoms with Gasteiger partial charge < -0.3 is 4.74 Å². The molecular weight excluding hydrogens is 416 g/mol. The molecule has 0 bridgehead atoms. The van der Waals surface area contributed by atoms with Crippen molar-refractivity contribution in [3.63, 3.8) is 0 Å². The van der Waals surface area contributed by atoms with Crippen LogP contribution in [-0.2, 0) is 17.1 Å². The number of sulfonamides is 1. The fourth-order valence-electron chi connectivity index (χ4n) is 4.06. The van der Waals surface area contributed by atoms with Gasteiger partial charge in [-0.25, -0.2) is 22.5 Å². The zero-order valence-electron chi connectivity index (χ0n) is 17.9. The summed E-state index contributed by atoms with van der Waals surface area (Å²) in [6.07, 6.45) is 1.43. The summed E-state index contributed by atoms with van der Waals surface area (Å²) in [5.74, 6) is 0.704. The Labute approximate surface area is 181 Å². The van der Waals surface area contributed by atoms with E-state index >= 15 is 0 Å². The van der Waals surface area contributed by atoms with Crippen molar-refractivity contribution in [2.45, 2.75) is 30.6 Å². The molecule has 0 radical (unpaired) electrons. The van der Waals surface area contributed by atoms with E-state index in [-0.39, 0.29) is 23.0 Å². The number of methoxy groups -OCH3 is 1. The molecule has 0 spiro atoms. The largest absolute Gasteiger partial charge is 0.495 e. The van der Waals surface area contributed by atoms with Gasteiger partial charge in [-0.3, -0.25) is 0 Å². The van der Waals surface area contributed by atoms with Crippen LogP contribution in [0, 0.1) is 6.92 Å². The van der Waals surface area contributed by atoms with E-state index in [0.717, 1.165) is 17.7 Å². The van der Waals surface area contributed by atoms with E-state index in [1.807, 2.05) is 43.3 Å². The summed E-state index contributed by atoms with van der Waals surface area (Å²) < 4.78 is 36.6. The molecule has 8 nitrogen and oxygen atoms in total. The lowest BCUT2D eigenvalue weighted by molar-refractivity contribution is 0.305. The lowest BCUT2D eigenvalue weighted by Crippen LogP contribution is -2.40. The summed E-state index contributed by atoms with van der Waals surface area (Å²) >= 11 is 0. The quantitative estimate of drug-likeness (QED) is 0.606. The van der Waals surface area contributed by atoms with Crippen molar-refractivity contribution in [2.75, 3.05) is 20.2 Å². The number of ether oxygens (including phenoxy) is 1. The van der Waals surface area contributed by atoms with Gasteiger partial charge in [0.1, 0.15) is 16.5 Å². The number of aromatic nitrogens is 3. The maximum absolute atomic E-state index is 13.5. The molecule has 9 heteroatoms. The third kappa shape index (κ3) is 3.90. The normalized spacial score (nSPS) is 17.6.